The zero-order valence-electron chi connectivity index (χ0n) is 11.4. The smallest absolute Gasteiger partial charge is 0.150 e. The van der Waals surface area contributed by atoms with Gasteiger partial charge in [-0.05, 0) is 43.5 Å². The Bertz CT molecular complexity index is 510. The van der Waals surface area contributed by atoms with Gasteiger partial charge in [-0.1, -0.05) is 12.1 Å². The number of sulfone groups is 1. The Morgan fingerprint density at radius 3 is 2.58 bits per heavy atom. The molecule has 1 aliphatic heterocycles. The molecule has 0 aromatic heterocycles. The van der Waals surface area contributed by atoms with Gasteiger partial charge in [-0.3, -0.25) is 0 Å². The summed E-state index contributed by atoms with van der Waals surface area (Å²) >= 11 is 0. The van der Waals surface area contributed by atoms with Crippen LogP contribution >= 0.6 is 0 Å². The normalized spacial score (nSPS) is 23.2. The van der Waals surface area contributed by atoms with Crippen molar-refractivity contribution in [3.8, 4) is 5.75 Å². The molecule has 0 saturated carbocycles. The minimum atomic E-state index is -2.77. The Labute approximate surface area is 115 Å². The van der Waals surface area contributed by atoms with E-state index in [2.05, 4.69) is 12.2 Å². The molecule has 19 heavy (non-hydrogen) atoms. The Morgan fingerprint density at radius 1 is 1.37 bits per heavy atom. The molecule has 2 atom stereocenters. The first-order chi connectivity index (χ1) is 9.00. The third kappa shape index (κ3) is 3.94. The summed E-state index contributed by atoms with van der Waals surface area (Å²) in [6.07, 6.45) is 0.782. The average molecular weight is 283 g/mol. The topological polar surface area (TPSA) is 55.4 Å². The monoisotopic (exact) mass is 283 g/mol. The lowest BCUT2D eigenvalue weighted by Gasteiger charge is -2.17. The molecule has 2 unspecified atom stereocenters. The highest BCUT2D eigenvalue weighted by Gasteiger charge is 2.27. The SMILES string of the molecule is COc1ccc(C(C)NCC2CCS(=O)(=O)C2)cc1. The molecular weight excluding hydrogens is 262 g/mol. The van der Waals surface area contributed by atoms with Gasteiger partial charge in [0.15, 0.2) is 9.84 Å². The predicted octanol–water partition coefficient (Wildman–Crippen LogP) is 1.78. The maximum absolute atomic E-state index is 11.4. The number of nitrogens with one attached hydrogen (secondary N) is 1. The summed E-state index contributed by atoms with van der Waals surface area (Å²) in [6, 6.07) is 8.15. The van der Waals surface area contributed by atoms with Crippen LogP contribution in [0, 0.1) is 5.92 Å². The Hall–Kier alpha value is -1.07. The van der Waals surface area contributed by atoms with Crippen molar-refractivity contribution in [2.75, 3.05) is 25.2 Å². The van der Waals surface area contributed by atoms with Crippen molar-refractivity contribution in [2.45, 2.75) is 19.4 Å². The van der Waals surface area contributed by atoms with Crippen molar-refractivity contribution in [1.29, 1.82) is 0 Å². The van der Waals surface area contributed by atoms with E-state index in [1.165, 1.54) is 5.56 Å². The van der Waals surface area contributed by atoms with E-state index in [9.17, 15) is 8.42 Å². The van der Waals surface area contributed by atoms with Gasteiger partial charge in [0.2, 0.25) is 0 Å². The van der Waals surface area contributed by atoms with Crippen molar-refractivity contribution in [3.05, 3.63) is 29.8 Å². The van der Waals surface area contributed by atoms with E-state index in [0.29, 0.717) is 11.5 Å². The van der Waals surface area contributed by atoms with Crippen LogP contribution in [0.25, 0.3) is 0 Å². The van der Waals surface area contributed by atoms with Crippen LogP contribution in [0.4, 0.5) is 0 Å². The lowest BCUT2D eigenvalue weighted by atomic mass is 10.1. The molecule has 5 heteroatoms. The van der Waals surface area contributed by atoms with Gasteiger partial charge in [-0.15, -0.1) is 0 Å². The molecule has 0 amide bonds. The van der Waals surface area contributed by atoms with Crippen molar-refractivity contribution in [2.24, 2.45) is 5.92 Å². The Balaban J connectivity index is 1.85. The summed E-state index contributed by atoms with van der Waals surface area (Å²) in [5, 5.41) is 3.41. The molecule has 1 N–H and O–H groups in total. The van der Waals surface area contributed by atoms with Gasteiger partial charge >= 0.3 is 0 Å². The summed E-state index contributed by atoms with van der Waals surface area (Å²) in [4.78, 5) is 0. The standard InChI is InChI=1S/C14H21NO3S/c1-11(13-3-5-14(18-2)6-4-13)15-9-12-7-8-19(16,17)10-12/h3-6,11-12,15H,7-10H2,1-2H3. The first kappa shape index (κ1) is 14.3. The Kier molecular flexibility index (Phi) is 4.47. The first-order valence-electron chi connectivity index (χ1n) is 6.58. The molecule has 106 valence electrons. The van der Waals surface area contributed by atoms with E-state index < -0.39 is 9.84 Å². The van der Waals surface area contributed by atoms with Crippen LogP contribution in [0.5, 0.6) is 5.75 Å². The second-order valence-corrected chi connectivity index (χ2v) is 7.40. The molecule has 1 aliphatic rings. The maximum atomic E-state index is 11.4. The number of ether oxygens (including phenoxy) is 1. The third-order valence-corrected chi connectivity index (χ3v) is 5.49. The van der Waals surface area contributed by atoms with E-state index in [1.54, 1.807) is 7.11 Å². The fourth-order valence-corrected chi connectivity index (χ4v) is 4.25. The van der Waals surface area contributed by atoms with Gasteiger partial charge in [-0.2, -0.15) is 0 Å². The molecule has 0 spiro atoms. The quantitative estimate of drug-likeness (QED) is 0.895. The lowest BCUT2D eigenvalue weighted by Crippen LogP contribution is -2.26. The first-order valence-corrected chi connectivity index (χ1v) is 8.40. The maximum Gasteiger partial charge on any atom is 0.150 e. The lowest BCUT2D eigenvalue weighted by molar-refractivity contribution is 0.414. The van der Waals surface area contributed by atoms with E-state index in [0.717, 1.165) is 18.7 Å². The highest BCUT2D eigenvalue weighted by molar-refractivity contribution is 7.91. The number of rotatable bonds is 5. The number of hydrogen-bond donors (Lipinski definition) is 1. The van der Waals surface area contributed by atoms with Crippen LogP contribution in [0.2, 0.25) is 0 Å². The molecule has 1 aromatic carbocycles. The molecule has 1 fully saturated rings. The summed E-state index contributed by atoms with van der Waals surface area (Å²) in [5.74, 6) is 1.77. The van der Waals surface area contributed by atoms with Gasteiger partial charge < -0.3 is 10.1 Å². The van der Waals surface area contributed by atoms with E-state index in [1.807, 2.05) is 24.3 Å². The van der Waals surface area contributed by atoms with Crippen molar-refractivity contribution in [1.82, 2.24) is 5.32 Å². The molecule has 4 nitrogen and oxygen atoms in total. The van der Waals surface area contributed by atoms with E-state index >= 15 is 0 Å². The molecule has 1 aromatic rings. The van der Waals surface area contributed by atoms with Gasteiger partial charge in [-0.25, -0.2) is 8.42 Å². The second-order valence-electron chi connectivity index (χ2n) is 5.17. The number of hydrogen-bond acceptors (Lipinski definition) is 4. The molecule has 2 rings (SSSR count). The molecule has 0 bridgehead atoms. The van der Waals surface area contributed by atoms with Crippen LogP contribution in [-0.2, 0) is 9.84 Å². The average Bonchev–Trinajstić information content (AvgIpc) is 2.76. The molecular formula is C14H21NO3S. The van der Waals surface area contributed by atoms with Gasteiger partial charge in [0.25, 0.3) is 0 Å². The number of methoxy groups -OCH3 is 1. The Morgan fingerprint density at radius 2 is 2.05 bits per heavy atom. The predicted molar refractivity (Wildman–Crippen MR) is 76.2 cm³/mol. The highest BCUT2D eigenvalue weighted by Crippen LogP contribution is 2.20. The largest absolute Gasteiger partial charge is 0.497 e. The molecule has 1 heterocycles. The van der Waals surface area contributed by atoms with Gasteiger partial charge in [0.05, 0.1) is 18.6 Å². The van der Waals surface area contributed by atoms with Crippen LogP contribution in [0.1, 0.15) is 24.9 Å². The van der Waals surface area contributed by atoms with E-state index in [4.69, 9.17) is 4.74 Å². The van der Waals surface area contributed by atoms with Crippen LogP contribution in [0.3, 0.4) is 0 Å². The van der Waals surface area contributed by atoms with Crippen LogP contribution in [0.15, 0.2) is 24.3 Å². The van der Waals surface area contributed by atoms with Crippen molar-refractivity contribution >= 4 is 9.84 Å². The minimum Gasteiger partial charge on any atom is -0.497 e. The molecule has 0 radical (unpaired) electrons. The summed E-state index contributed by atoms with van der Waals surface area (Å²) in [7, 11) is -1.12. The minimum absolute atomic E-state index is 0.217. The van der Waals surface area contributed by atoms with Crippen LogP contribution < -0.4 is 10.1 Å². The molecule has 1 saturated heterocycles. The second kappa shape index (κ2) is 5.92. The fourth-order valence-electron chi connectivity index (χ4n) is 2.39. The summed E-state index contributed by atoms with van der Waals surface area (Å²) in [6.45, 7) is 2.84. The van der Waals surface area contributed by atoms with Crippen molar-refractivity contribution < 1.29 is 13.2 Å². The molecule has 0 aliphatic carbocycles. The fraction of sp³-hybridized carbons (Fsp3) is 0.571. The van der Waals surface area contributed by atoms with Gasteiger partial charge in [0.1, 0.15) is 5.75 Å². The van der Waals surface area contributed by atoms with Crippen molar-refractivity contribution in [3.63, 3.8) is 0 Å². The van der Waals surface area contributed by atoms with Crippen LogP contribution in [-0.4, -0.2) is 33.6 Å². The van der Waals surface area contributed by atoms with E-state index in [-0.39, 0.29) is 12.0 Å². The highest BCUT2D eigenvalue weighted by atomic mass is 32.2. The third-order valence-electron chi connectivity index (χ3n) is 3.66. The number of benzene rings is 1. The zero-order valence-corrected chi connectivity index (χ0v) is 12.2. The zero-order chi connectivity index (χ0) is 13.9. The van der Waals surface area contributed by atoms with Gasteiger partial charge in [0, 0.05) is 6.04 Å². The summed E-state index contributed by atoms with van der Waals surface area (Å²) < 4.78 is 27.9. The summed E-state index contributed by atoms with van der Waals surface area (Å²) in [5.41, 5.74) is 1.18.